The molecular weight excluding hydrogens is 378 g/mol. The van der Waals surface area contributed by atoms with E-state index in [1.165, 1.54) is 5.56 Å². The standard InChI is InChI=1S/C24H27N3O3/c1-3-4-19-9-10-22(23(15-19)29-2)30-18-24(28)27-13-11-26(12-14-27)17-21-7-5-20(16-25)6-8-21/h3-10,15H,11-14,17-18H2,1-2H3. The summed E-state index contributed by atoms with van der Waals surface area (Å²) in [5, 5.41) is 8.89. The normalized spacial score (nSPS) is 14.5. The van der Waals surface area contributed by atoms with Crippen LogP contribution in [0.5, 0.6) is 11.5 Å². The molecular formula is C24H27N3O3. The predicted molar refractivity (Wildman–Crippen MR) is 116 cm³/mol. The molecule has 2 aromatic carbocycles. The molecule has 1 heterocycles. The van der Waals surface area contributed by atoms with E-state index in [0.29, 0.717) is 30.2 Å². The number of carbonyl (C=O) groups is 1. The van der Waals surface area contributed by atoms with Gasteiger partial charge in [0, 0.05) is 32.7 Å². The summed E-state index contributed by atoms with van der Waals surface area (Å²) in [6.07, 6.45) is 3.94. The van der Waals surface area contributed by atoms with Gasteiger partial charge in [0.15, 0.2) is 18.1 Å². The summed E-state index contributed by atoms with van der Waals surface area (Å²) in [4.78, 5) is 16.7. The van der Waals surface area contributed by atoms with Gasteiger partial charge in [0.1, 0.15) is 0 Å². The molecule has 3 rings (SSSR count). The quantitative estimate of drug-likeness (QED) is 0.707. The second-order valence-corrected chi connectivity index (χ2v) is 7.16. The molecule has 2 aromatic rings. The van der Waals surface area contributed by atoms with E-state index in [1.807, 2.05) is 66.4 Å². The lowest BCUT2D eigenvalue weighted by Crippen LogP contribution is -2.49. The van der Waals surface area contributed by atoms with Crippen LogP contribution in [0.15, 0.2) is 48.5 Å². The highest BCUT2D eigenvalue weighted by atomic mass is 16.5. The van der Waals surface area contributed by atoms with Gasteiger partial charge in [-0.2, -0.15) is 5.26 Å². The molecule has 1 saturated heterocycles. The molecule has 1 fully saturated rings. The van der Waals surface area contributed by atoms with Gasteiger partial charge in [-0.1, -0.05) is 30.4 Å². The minimum atomic E-state index is -0.0207. The van der Waals surface area contributed by atoms with Crippen molar-refractivity contribution < 1.29 is 14.3 Å². The first-order valence-electron chi connectivity index (χ1n) is 10.1. The van der Waals surface area contributed by atoms with E-state index in [4.69, 9.17) is 14.7 Å². The lowest BCUT2D eigenvalue weighted by atomic mass is 10.1. The van der Waals surface area contributed by atoms with Crippen LogP contribution in [-0.4, -0.2) is 55.6 Å². The van der Waals surface area contributed by atoms with Crippen molar-refractivity contribution in [3.8, 4) is 17.6 Å². The number of methoxy groups -OCH3 is 1. The number of benzene rings is 2. The maximum absolute atomic E-state index is 12.6. The van der Waals surface area contributed by atoms with Crippen LogP contribution in [0.4, 0.5) is 0 Å². The van der Waals surface area contributed by atoms with E-state index in [9.17, 15) is 4.79 Å². The van der Waals surface area contributed by atoms with Crippen molar-refractivity contribution in [3.63, 3.8) is 0 Å². The first-order chi connectivity index (χ1) is 14.6. The second-order valence-electron chi connectivity index (χ2n) is 7.16. The van der Waals surface area contributed by atoms with E-state index < -0.39 is 0 Å². The Labute approximate surface area is 177 Å². The van der Waals surface area contributed by atoms with Crippen molar-refractivity contribution in [2.75, 3.05) is 39.9 Å². The highest BCUT2D eigenvalue weighted by Gasteiger charge is 2.22. The molecule has 6 nitrogen and oxygen atoms in total. The zero-order valence-corrected chi connectivity index (χ0v) is 17.5. The number of allylic oxidation sites excluding steroid dienone is 1. The maximum Gasteiger partial charge on any atom is 0.260 e. The van der Waals surface area contributed by atoms with Crippen LogP contribution in [0, 0.1) is 11.3 Å². The highest BCUT2D eigenvalue weighted by molar-refractivity contribution is 5.78. The maximum atomic E-state index is 12.6. The van der Waals surface area contributed by atoms with Crippen LogP contribution < -0.4 is 9.47 Å². The molecule has 0 N–H and O–H groups in total. The van der Waals surface area contributed by atoms with Crippen LogP contribution in [0.2, 0.25) is 0 Å². The molecule has 1 amide bonds. The molecule has 156 valence electrons. The van der Waals surface area contributed by atoms with Crippen LogP contribution >= 0.6 is 0 Å². The van der Waals surface area contributed by atoms with Crippen LogP contribution in [0.1, 0.15) is 23.6 Å². The Hall–Kier alpha value is -3.30. The third kappa shape index (κ3) is 5.62. The summed E-state index contributed by atoms with van der Waals surface area (Å²) in [5.41, 5.74) is 2.86. The van der Waals surface area contributed by atoms with E-state index in [-0.39, 0.29) is 12.5 Å². The number of rotatable bonds is 7. The molecule has 30 heavy (non-hydrogen) atoms. The fraction of sp³-hybridized carbons (Fsp3) is 0.333. The molecule has 1 aliphatic rings. The number of amides is 1. The van der Waals surface area contributed by atoms with Crippen molar-refractivity contribution in [1.82, 2.24) is 9.80 Å². The molecule has 0 radical (unpaired) electrons. The Kier molecular flexibility index (Phi) is 7.47. The molecule has 1 aliphatic heterocycles. The van der Waals surface area contributed by atoms with E-state index in [1.54, 1.807) is 7.11 Å². The molecule has 0 atom stereocenters. The summed E-state index contributed by atoms with van der Waals surface area (Å²) >= 11 is 0. The second kappa shape index (κ2) is 10.5. The average Bonchev–Trinajstić information content (AvgIpc) is 2.79. The molecule has 0 bridgehead atoms. The van der Waals surface area contributed by atoms with E-state index >= 15 is 0 Å². The largest absolute Gasteiger partial charge is 0.493 e. The predicted octanol–water partition coefficient (Wildman–Crippen LogP) is 3.32. The molecule has 0 aromatic heterocycles. The lowest BCUT2D eigenvalue weighted by molar-refractivity contribution is -0.135. The summed E-state index contributed by atoms with van der Waals surface area (Å²) in [6.45, 7) is 5.75. The van der Waals surface area contributed by atoms with E-state index in [2.05, 4.69) is 11.0 Å². The highest BCUT2D eigenvalue weighted by Crippen LogP contribution is 2.28. The zero-order valence-electron chi connectivity index (χ0n) is 17.5. The molecule has 0 aliphatic carbocycles. The number of hydrogen-bond acceptors (Lipinski definition) is 5. The lowest BCUT2D eigenvalue weighted by Gasteiger charge is -2.34. The van der Waals surface area contributed by atoms with Gasteiger partial charge in [-0.3, -0.25) is 9.69 Å². The van der Waals surface area contributed by atoms with Crippen LogP contribution in [0.3, 0.4) is 0 Å². The van der Waals surface area contributed by atoms with Gasteiger partial charge in [-0.15, -0.1) is 0 Å². The van der Waals surface area contributed by atoms with Gasteiger partial charge < -0.3 is 14.4 Å². The minimum Gasteiger partial charge on any atom is -0.493 e. The summed E-state index contributed by atoms with van der Waals surface area (Å²) in [6, 6.07) is 15.4. The smallest absolute Gasteiger partial charge is 0.260 e. The van der Waals surface area contributed by atoms with Crippen LogP contribution in [-0.2, 0) is 11.3 Å². The number of nitriles is 1. The van der Waals surface area contributed by atoms with Gasteiger partial charge in [0.25, 0.3) is 5.91 Å². The Morgan fingerprint density at radius 2 is 1.83 bits per heavy atom. The van der Waals surface area contributed by atoms with Crippen molar-refractivity contribution >= 4 is 12.0 Å². The SMILES string of the molecule is CC=Cc1ccc(OCC(=O)N2CCN(Cc3ccc(C#N)cc3)CC2)c(OC)c1. The van der Waals surface area contributed by atoms with Gasteiger partial charge in [0.2, 0.25) is 0 Å². The summed E-state index contributed by atoms with van der Waals surface area (Å²) < 4.78 is 11.1. The molecule has 6 heteroatoms. The molecule has 0 saturated carbocycles. The molecule has 0 spiro atoms. The number of hydrogen-bond donors (Lipinski definition) is 0. The van der Waals surface area contributed by atoms with Gasteiger partial charge in [0.05, 0.1) is 18.7 Å². The first-order valence-corrected chi connectivity index (χ1v) is 10.1. The third-order valence-corrected chi connectivity index (χ3v) is 5.11. The van der Waals surface area contributed by atoms with Crippen molar-refractivity contribution in [2.45, 2.75) is 13.5 Å². The van der Waals surface area contributed by atoms with Crippen molar-refractivity contribution in [3.05, 3.63) is 65.2 Å². The Morgan fingerprint density at radius 1 is 1.10 bits per heavy atom. The van der Waals surface area contributed by atoms with Crippen molar-refractivity contribution in [1.29, 1.82) is 5.26 Å². The number of ether oxygens (including phenoxy) is 2. The number of nitrogens with zero attached hydrogens (tertiary/aromatic N) is 3. The topological polar surface area (TPSA) is 65.8 Å². The zero-order chi connectivity index (χ0) is 21.3. The molecule has 0 unspecified atom stereocenters. The van der Waals surface area contributed by atoms with Crippen molar-refractivity contribution in [2.24, 2.45) is 0 Å². The number of carbonyl (C=O) groups excluding carboxylic acids is 1. The Morgan fingerprint density at radius 3 is 2.47 bits per heavy atom. The fourth-order valence-corrected chi connectivity index (χ4v) is 3.43. The minimum absolute atomic E-state index is 0.00501. The van der Waals surface area contributed by atoms with Crippen LogP contribution in [0.25, 0.3) is 6.08 Å². The Balaban J connectivity index is 1.48. The summed E-state index contributed by atoms with van der Waals surface area (Å²) in [5.74, 6) is 1.16. The van der Waals surface area contributed by atoms with Gasteiger partial charge in [-0.05, 0) is 42.3 Å². The van der Waals surface area contributed by atoms with Gasteiger partial charge in [-0.25, -0.2) is 0 Å². The first kappa shape index (κ1) is 21.4. The van der Waals surface area contributed by atoms with Gasteiger partial charge >= 0.3 is 0 Å². The Bertz CT molecular complexity index is 924. The summed E-state index contributed by atoms with van der Waals surface area (Å²) in [7, 11) is 1.59. The van der Waals surface area contributed by atoms with E-state index in [0.717, 1.165) is 25.2 Å². The average molecular weight is 405 g/mol. The monoisotopic (exact) mass is 405 g/mol. The fourth-order valence-electron chi connectivity index (χ4n) is 3.43. The number of piperazine rings is 1. The third-order valence-electron chi connectivity index (χ3n) is 5.11.